The van der Waals surface area contributed by atoms with Crippen molar-refractivity contribution < 1.29 is 9.18 Å². The van der Waals surface area contributed by atoms with Gasteiger partial charge in [0.05, 0.1) is 0 Å². The molecule has 1 aromatic heterocycles. The third kappa shape index (κ3) is 4.17. The van der Waals surface area contributed by atoms with Crippen LogP contribution in [0.5, 0.6) is 0 Å². The van der Waals surface area contributed by atoms with E-state index < -0.39 is 6.17 Å². The molecule has 0 spiro atoms. The van der Waals surface area contributed by atoms with Gasteiger partial charge in [0, 0.05) is 56.6 Å². The number of nitrogens with zero attached hydrogens (tertiary/aromatic N) is 4. The van der Waals surface area contributed by atoms with Crippen LogP contribution in [0.1, 0.15) is 31.2 Å². The molecule has 3 rings (SSSR count). The Morgan fingerprint density at radius 2 is 2.17 bits per heavy atom. The summed E-state index contributed by atoms with van der Waals surface area (Å²) in [5.74, 6) is 0.267. The van der Waals surface area contributed by atoms with Gasteiger partial charge >= 0.3 is 0 Å². The molecule has 1 aromatic rings. The molecule has 6 heteroatoms. The first-order valence-corrected chi connectivity index (χ1v) is 8.65. The fourth-order valence-electron chi connectivity index (χ4n) is 3.69. The first-order valence-electron chi connectivity index (χ1n) is 8.65. The number of halogens is 1. The number of carbonyl (C=O) groups is 1. The Morgan fingerprint density at radius 1 is 1.38 bits per heavy atom. The van der Waals surface area contributed by atoms with Crippen LogP contribution in [0.25, 0.3) is 0 Å². The van der Waals surface area contributed by atoms with E-state index in [9.17, 15) is 9.18 Å². The van der Waals surface area contributed by atoms with Crippen LogP contribution in [-0.2, 0) is 11.3 Å². The van der Waals surface area contributed by atoms with Crippen LogP contribution in [0.4, 0.5) is 4.39 Å². The van der Waals surface area contributed by atoms with E-state index in [1.165, 1.54) is 6.33 Å². The van der Waals surface area contributed by atoms with Crippen LogP contribution in [0.15, 0.2) is 30.9 Å². The van der Waals surface area contributed by atoms with Crippen LogP contribution < -0.4 is 0 Å². The maximum Gasteiger partial charge on any atom is 0.225 e. The molecular weight excluding hydrogens is 307 g/mol. The predicted octanol–water partition coefficient (Wildman–Crippen LogP) is 2.20. The van der Waals surface area contributed by atoms with E-state index in [4.69, 9.17) is 0 Å². The molecule has 24 heavy (non-hydrogen) atoms. The number of rotatable bonds is 5. The van der Waals surface area contributed by atoms with Gasteiger partial charge in [-0.15, -0.1) is 0 Å². The summed E-state index contributed by atoms with van der Waals surface area (Å²) < 4.78 is 13.9. The monoisotopic (exact) mass is 332 g/mol. The van der Waals surface area contributed by atoms with Crippen molar-refractivity contribution in [3.8, 4) is 0 Å². The Hall–Kier alpha value is -1.82. The molecule has 0 aromatic carbocycles. The molecule has 1 aliphatic heterocycles. The summed E-state index contributed by atoms with van der Waals surface area (Å²) in [6, 6.07) is 0.0493. The van der Waals surface area contributed by atoms with E-state index in [-0.39, 0.29) is 17.9 Å². The predicted molar refractivity (Wildman–Crippen MR) is 89.9 cm³/mol. The van der Waals surface area contributed by atoms with Crippen molar-refractivity contribution in [1.82, 2.24) is 19.8 Å². The van der Waals surface area contributed by atoms with Gasteiger partial charge in [0.25, 0.3) is 0 Å². The zero-order valence-electron chi connectivity index (χ0n) is 14.1. The number of amides is 1. The summed E-state index contributed by atoms with van der Waals surface area (Å²) in [6.07, 6.45) is 11.6. The second-order valence-electron chi connectivity index (χ2n) is 6.86. The SMILES string of the molecule is CN(C[C@@H]1C[C@H](F)CN1Cc1cncnc1)C(=O)C1CC=CCC1. The van der Waals surface area contributed by atoms with Gasteiger partial charge in [0.15, 0.2) is 0 Å². The Balaban J connectivity index is 1.59. The molecule has 0 saturated carbocycles. The van der Waals surface area contributed by atoms with Crippen molar-refractivity contribution in [3.63, 3.8) is 0 Å². The van der Waals surface area contributed by atoms with Gasteiger partial charge in [-0.3, -0.25) is 9.69 Å². The molecule has 0 radical (unpaired) electrons. The summed E-state index contributed by atoms with van der Waals surface area (Å²) in [4.78, 5) is 24.5. The van der Waals surface area contributed by atoms with Crippen LogP contribution in [0.2, 0.25) is 0 Å². The first-order chi connectivity index (χ1) is 11.6. The van der Waals surface area contributed by atoms with E-state index in [1.807, 2.05) is 7.05 Å². The molecule has 3 atom stereocenters. The number of likely N-dealkylation sites (tertiary alicyclic amines) is 1. The zero-order chi connectivity index (χ0) is 16.9. The minimum atomic E-state index is -0.833. The van der Waals surface area contributed by atoms with E-state index in [0.717, 1.165) is 24.8 Å². The van der Waals surface area contributed by atoms with E-state index in [0.29, 0.717) is 26.1 Å². The Kier molecular flexibility index (Phi) is 5.56. The maximum absolute atomic E-state index is 13.9. The second-order valence-corrected chi connectivity index (χ2v) is 6.86. The largest absolute Gasteiger partial charge is 0.344 e. The molecule has 0 bridgehead atoms. The number of alkyl halides is 1. The average Bonchev–Trinajstić information content (AvgIpc) is 2.95. The molecule has 5 nitrogen and oxygen atoms in total. The molecule has 2 aliphatic rings. The fraction of sp³-hybridized carbons (Fsp3) is 0.611. The second kappa shape index (κ2) is 7.83. The minimum Gasteiger partial charge on any atom is -0.344 e. The minimum absolute atomic E-state index is 0.0493. The van der Waals surface area contributed by atoms with Crippen molar-refractivity contribution >= 4 is 5.91 Å². The van der Waals surface area contributed by atoms with Crippen molar-refractivity contribution in [2.24, 2.45) is 5.92 Å². The number of hydrogen-bond acceptors (Lipinski definition) is 4. The van der Waals surface area contributed by atoms with Gasteiger partial charge in [0.1, 0.15) is 12.5 Å². The summed E-state index contributed by atoms with van der Waals surface area (Å²) in [7, 11) is 1.84. The highest BCUT2D eigenvalue weighted by Crippen LogP contribution is 2.25. The van der Waals surface area contributed by atoms with E-state index in [1.54, 1.807) is 17.3 Å². The lowest BCUT2D eigenvalue weighted by atomic mass is 9.93. The molecule has 1 fully saturated rings. The van der Waals surface area contributed by atoms with Crippen molar-refractivity contribution in [2.75, 3.05) is 20.1 Å². The van der Waals surface area contributed by atoms with Crippen molar-refractivity contribution in [2.45, 2.75) is 44.4 Å². The van der Waals surface area contributed by atoms with Crippen molar-refractivity contribution in [3.05, 3.63) is 36.4 Å². The Labute approximate surface area is 142 Å². The molecule has 1 unspecified atom stereocenters. The van der Waals surface area contributed by atoms with Crippen molar-refractivity contribution in [1.29, 1.82) is 0 Å². The van der Waals surface area contributed by atoms with E-state index >= 15 is 0 Å². The maximum atomic E-state index is 13.9. The molecule has 1 saturated heterocycles. The van der Waals surface area contributed by atoms with Crippen LogP contribution in [0, 0.1) is 5.92 Å². The van der Waals surface area contributed by atoms with Crippen LogP contribution in [0.3, 0.4) is 0 Å². The highest BCUT2D eigenvalue weighted by Gasteiger charge is 2.34. The average molecular weight is 332 g/mol. The first kappa shape index (κ1) is 17.0. The number of hydrogen-bond donors (Lipinski definition) is 0. The van der Waals surface area contributed by atoms with Gasteiger partial charge in [-0.2, -0.15) is 0 Å². The van der Waals surface area contributed by atoms with Gasteiger partial charge in [0.2, 0.25) is 5.91 Å². The third-order valence-electron chi connectivity index (χ3n) is 4.96. The van der Waals surface area contributed by atoms with Gasteiger partial charge in [-0.25, -0.2) is 14.4 Å². The standard InChI is InChI=1S/C18H25FN4O/c1-22(18(24)15-5-3-2-4-6-15)12-17-7-16(19)11-23(17)10-14-8-20-13-21-9-14/h2-3,8-9,13,15-17H,4-7,10-12H2,1H3/t15?,16-,17-/m0/s1. The summed E-state index contributed by atoms with van der Waals surface area (Å²) in [5, 5.41) is 0. The number of aromatic nitrogens is 2. The highest BCUT2D eigenvalue weighted by atomic mass is 19.1. The topological polar surface area (TPSA) is 49.3 Å². The molecule has 130 valence electrons. The van der Waals surface area contributed by atoms with Gasteiger partial charge in [-0.1, -0.05) is 12.2 Å². The van der Waals surface area contributed by atoms with Crippen LogP contribution >= 0.6 is 0 Å². The number of allylic oxidation sites excluding steroid dienone is 2. The lowest BCUT2D eigenvalue weighted by Crippen LogP contribution is -2.43. The fourth-order valence-corrected chi connectivity index (χ4v) is 3.69. The molecule has 1 aliphatic carbocycles. The molecule has 2 heterocycles. The number of likely N-dealkylation sites (N-methyl/N-ethyl adjacent to an activating group) is 1. The highest BCUT2D eigenvalue weighted by molar-refractivity contribution is 5.79. The van der Waals surface area contributed by atoms with Gasteiger partial charge in [-0.05, 0) is 25.7 Å². The number of carbonyl (C=O) groups excluding carboxylic acids is 1. The molecule has 0 N–H and O–H groups in total. The normalized spacial score (nSPS) is 27.3. The smallest absolute Gasteiger partial charge is 0.225 e. The van der Waals surface area contributed by atoms with E-state index in [2.05, 4.69) is 27.0 Å². The Bertz CT molecular complexity index is 580. The lowest BCUT2D eigenvalue weighted by molar-refractivity contribution is -0.135. The lowest BCUT2D eigenvalue weighted by Gasteiger charge is -2.30. The van der Waals surface area contributed by atoms with Gasteiger partial charge < -0.3 is 4.90 Å². The summed E-state index contributed by atoms with van der Waals surface area (Å²) >= 11 is 0. The summed E-state index contributed by atoms with van der Waals surface area (Å²) in [5.41, 5.74) is 0.975. The molecular formula is C18H25FN4O. The third-order valence-corrected chi connectivity index (χ3v) is 4.96. The van der Waals surface area contributed by atoms with Crippen LogP contribution in [-0.4, -0.2) is 58.0 Å². The molecule has 1 amide bonds. The summed E-state index contributed by atoms with van der Waals surface area (Å²) in [6.45, 7) is 1.61. The zero-order valence-corrected chi connectivity index (χ0v) is 14.1. The quantitative estimate of drug-likeness (QED) is 0.776. The Morgan fingerprint density at radius 3 is 2.88 bits per heavy atom.